The summed E-state index contributed by atoms with van der Waals surface area (Å²) in [4.78, 5) is 24.8. The molecule has 0 aliphatic rings. The highest BCUT2D eigenvalue weighted by molar-refractivity contribution is 7.90. The van der Waals surface area contributed by atoms with Crippen LogP contribution in [0.3, 0.4) is 0 Å². The molecule has 8 nitrogen and oxygen atoms in total. The van der Waals surface area contributed by atoms with Gasteiger partial charge in [0.25, 0.3) is 11.8 Å². The quantitative estimate of drug-likeness (QED) is 0.644. The predicted octanol–water partition coefficient (Wildman–Crippen LogP) is 2.10. The summed E-state index contributed by atoms with van der Waals surface area (Å²) in [5, 5.41) is 5.39. The van der Waals surface area contributed by atoms with Crippen LogP contribution in [0.1, 0.15) is 20.7 Å². The molecule has 0 aliphatic heterocycles. The molecule has 9 heteroatoms. The highest BCUT2D eigenvalue weighted by Crippen LogP contribution is 2.20. The molecular formula is C20H24N4O4S. The summed E-state index contributed by atoms with van der Waals surface area (Å²) in [5.41, 5.74) is 1.44. The van der Waals surface area contributed by atoms with E-state index in [1.54, 1.807) is 42.5 Å². The van der Waals surface area contributed by atoms with Crippen LogP contribution < -0.4 is 14.9 Å². The summed E-state index contributed by atoms with van der Waals surface area (Å²) in [6, 6.07) is 12.8. The van der Waals surface area contributed by atoms with E-state index in [0.717, 1.165) is 8.61 Å². The molecule has 0 saturated carbocycles. The van der Waals surface area contributed by atoms with Crippen LogP contribution in [0.25, 0.3) is 0 Å². The highest BCUT2D eigenvalue weighted by atomic mass is 32.2. The van der Waals surface area contributed by atoms with Gasteiger partial charge in [-0.2, -0.15) is 12.7 Å². The summed E-state index contributed by atoms with van der Waals surface area (Å²) in [5.74, 6) is -0.745. The molecule has 0 atom stereocenters. The molecule has 0 heterocycles. The van der Waals surface area contributed by atoms with Crippen LogP contribution in [0.5, 0.6) is 0 Å². The Balaban J connectivity index is 2.19. The third-order valence-electron chi connectivity index (χ3n) is 4.13. The maximum atomic E-state index is 12.6. The molecule has 0 bridgehead atoms. The monoisotopic (exact) mass is 416 g/mol. The van der Waals surface area contributed by atoms with Crippen molar-refractivity contribution >= 4 is 33.4 Å². The number of hydrogen-bond donors (Lipinski definition) is 2. The zero-order valence-electron chi connectivity index (χ0n) is 16.5. The molecule has 0 aromatic heterocycles. The van der Waals surface area contributed by atoms with Crippen LogP contribution in [0.4, 0.5) is 11.4 Å². The zero-order valence-corrected chi connectivity index (χ0v) is 17.4. The molecule has 0 spiro atoms. The smallest absolute Gasteiger partial charge is 0.303 e. The second kappa shape index (κ2) is 9.35. The maximum Gasteiger partial charge on any atom is 0.303 e. The van der Waals surface area contributed by atoms with E-state index in [-0.39, 0.29) is 5.91 Å². The van der Waals surface area contributed by atoms with E-state index in [9.17, 15) is 18.0 Å². The number of benzene rings is 2. The number of nitrogens with one attached hydrogen (secondary N) is 2. The van der Waals surface area contributed by atoms with Gasteiger partial charge < -0.3 is 10.6 Å². The second-order valence-electron chi connectivity index (χ2n) is 6.30. The molecule has 0 radical (unpaired) electrons. The second-order valence-corrected chi connectivity index (χ2v) is 8.48. The lowest BCUT2D eigenvalue weighted by atomic mass is 10.1. The van der Waals surface area contributed by atoms with Crippen molar-refractivity contribution < 1.29 is 18.0 Å². The molecule has 2 amide bonds. The van der Waals surface area contributed by atoms with Gasteiger partial charge in [-0.05, 0) is 36.4 Å². The first-order chi connectivity index (χ1) is 13.7. The fraction of sp³-hybridized carbons (Fsp3) is 0.200. The van der Waals surface area contributed by atoms with Crippen molar-refractivity contribution in [2.75, 3.05) is 37.3 Å². The third kappa shape index (κ3) is 5.21. The third-order valence-corrected chi connectivity index (χ3v) is 5.95. The van der Waals surface area contributed by atoms with Gasteiger partial charge in [-0.25, -0.2) is 0 Å². The highest BCUT2D eigenvalue weighted by Gasteiger charge is 2.21. The Morgan fingerprint density at radius 2 is 1.62 bits per heavy atom. The minimum absolute atomic E-state index is 0.311. The molecule has 0 saturated heterocycles. The van der Waals surface area contributed by atoms with Gasteiger partial charge in [0.05, 0.1) is 16.9 Å². The van der Waals surface area contributed by atoms with Crippen molar-refractivity contribution in [2.24, 2.45) is 0 Å². The largest absolute Gasteiger partial charge is 0.349 e. The Labute approximate surface area is 171 Å². The summed E-state index contributed by atoms with van der Waals surface area (Å²) in [7, 11) is 0.695. The van der Waals surface area contributed by atoms with Crippen LogP contribution in [0.15, 0.2) is 61.2 Å². The molecule has 2 aromatic carbocycles. The zero-order chi connectivity index (χ0) is 21.6. The number of para-hydroxylation sites is 1. The lowest BCUT2D eigenvalue weighted by Crippen LogP contribution is -2.37. The number of carbonyl (C=O) groups is 2. The van der Waals surface area contributed by atoms with Crippen LogP contribution in [-0.2, 0) is 10.2 Å². The average Bonchev–Trinajstić information content (AvgIpc) is 2.71. The normalized spacial score (nSPS) is 11.0. The lowest BCUT2D eigenvalue weighted by molar-refractivity contribution is 0.0959. The molecule has 2 N–H and O–H groups in total. The molecular weight excluding hydrogens is 392 g/mol. The minimum Gasteiger partial charge on any atom is -0.349 e. The van der Waals surface area contributed by atoms with E-state index in [1.165, 1.54) is 33.3 Å². The van der Waals surface area contributed by atoms with Gasteiger partial charge in [0, 0.05) is 33.3 Å². The van der Waals surface area contributed by atoms with Crippen LogP contribution in [0, 0.1) is 0 Å². The maximum absolute atomic E-state index is 12.6. The first-order valence-corrected chi connectivity index (χ1v) is 10.1. The van der Waals surface area contributed by atoms with Gasteiger partial charge in [-0.1, -0.05) is 18.2 Å². The number of anilines is 2. The Hall–Kier alpha value is -3.17. The Kier molecular flexibility index (Phi) is 7.13. The minimum atomic E-state index is -3.62. The van der Waals surface area contributed by atoms with E-state index in [0.29, 0.717) is 29.0 Å². The molecule has 0 unspecified atom stereocenters. The summed E-state index contributed by atoms with van der Waals surface area (Å²) in [6.45, 7) is 3.86. The number of rotatable bonds is 8. The number of carbonyl (C=O) groups excluding carboxylic acids is 2. The standard InChI is InChI=1S/C20H24N4O4S/c1-5-14-21-20(26)17-8-6-7-9-18(17)22-19(25)15-10-12-16(13-11-15)24(4)29(27,28)23(2)3/h5-13H,1,14H2,2-4H3,(H,21,26)(H,22,25). The van der Waals surface area contributed by atoms with Crippen molar-refractivity contribution in [2.45, 2.75) is 0 Å². The first kappa shape index (κ1) is 22.1. The molecule has 2 aromatic rings. The lowest BCUT2D eigenvalue weighted by Gasteiger charge is -2.23. The summed E-state index contributed by atoms with van der Waals surface area (Å²) in [6.07, 6.45) is 1.56. The van der Waals surface area contributed by atoms with Gasteiger partial charge in [-0.15, -0.1) is 6.58 Å². The molecule has 154 valence electrons. The Morgan fingerprint density at radius 1 is 1.00 bits per heavy atom. The number of nitrogens with zero attached hydrogens (tertiary/aromatic N) is 2. The van der Waals surface area contributed by atoms with E-state index in [4.69, 9.17) is 0 Å². The SMILES string of the molecule is C=CCNC(=O)c1ccccc1NC(=O)c1ccc(N(C)S(=O)(=O)N(C)C)cc1. The van der Waals surface area contributed by atoms with Crippen LogP contribution >= 0.6 is 0 Å². The summed E-state index contributed by atoms with van der Waals surface area (Å²) < 4.78 is 26.6. The van der Waals surface area contributed by atoms with E-state index in [1.807, 2.05) is 0 Å². The summed E-state index contributed by atoms with van der Waals surface area (Å²) >= 11 is 0. The van der Waals surface area contributed by atoms with E-state index < -0.39 is 16.1 Å². The molecule has 29 heavy (non-hydrogen) atoms. The topological polar surface area (TPSA) is 98.8 Å². The number of hydrogen-bond acceptors (Lipinski definition) is 4. The van der Waals surface area contributed by atoms with Crippen LogP contribution in [-0.4, -0.2) is 52.2 Å². The Morgan fingerprint density at radius 3 is 2.21 bits per heavy atom. The van der Waals surface area contributed by atoms with Gasteiger partial charge in [0.15, 0.2) is 0 Å². The number of amides is 2. The van der Waals surface area contributed by atoms with Crippen molar-refractivity contribution in [1.29, 1.82) is 0 Å². The molecule has 0 aliphatic carbocycles. The van der Waals surface area contributed by atoms with Gasteiger partial charge in [0.2, 0.25) is 0 Å². The van der Waals surface area contributed by atoms with Crippen molar-refractivity contribution in [3.63, 3.8) is 0 Å². The van der Waals surface area contributed by atoms with E-state index >= 15 is 0 Å². The van der Waals surface area contributed by atoms with Crippen molar-refractivity contribution in [3.05, 3.63) is 72.3 Å². The van der Waals surface area contributed by atoms with Crippen molar-refractivity contribution in [1.82, 2.24) is 9.62 Å². The van der Waals surface area contributed by atoms with Gasteiger partial charge in [0.1, 0.15) is 0 Å². The fourth-order valence-corrected chi connectivity index (χ4v) is 3.32. The van der Waals surface area contributed by atoms with Crippen LogP contribution in [0.2, 0.25) is 0 Å². The van der Waals surface area contributed by atoms with Gasteiger partial charge in [-0.3, -0.25) is 13.9 Å². The predicted molar refractivity (Wildman–Crippen MR) is 114 cm³/mol. The molecule has 2 rings (SSSR count). The Bertz CT molecular complexity index is 1000. The fourth-order valence-electron chi connectivity index (χ4n) is 2.45. The molecule has 0 fully saturated rings. The van der Waals surface area contributed by atoms with E-state index in [2.05, 4.69) is 17.2 Å². The average molecular weight is 417 g/mol. The van der Waals surface area contributed by atoms with Crippen molar-refractivity contribution in [3.8, 4) is 0 Å². The van der Waals surface area contributed by atoms with Gasteiger partial charge >= 0.3 is 10.2 Å². The first-order valence-electron chi connectivity index (χ1n) is 8.74.